The largest absolute Gasteiger partial charge is 0.352 e. The van der Waals surface area contributed by atoms with Crippen molar-refractivity contribution in [3.8, 4) is 0 Å². The van der Waals surface area contributed by atoms with Gasteiger partial charge in [0.25, 0.3) is 5.91 Å². The number of aromatic nitrogens is 2. The van der Waals surface area contributed by atoms with Crippen molar-refractivity contribution in [3.63, 3.8) is 0 Å². The second-order valence-corrected chi connectivity index (χ2v) is 4.22. The van der Waals surface area contributed by atoms with Gasteiger partial charge in [-0.25, -0.2) is 0 Å². The third kappa shape index (κ3) is 2.18. The van der Waals surface area contributed by atoms with Gasteiger partial charge >= 0.3 is 0 Å². The van der Waals surface area contributed by atoms with E-state index in [-0.39, 0.29) is 5.91 Å². The van der Waals surface area contributed by atoms with Crippen LogP contribution in [-0.2, 0) is 0 Å². The van der Waals surface area contributed by atoms with Crippen LogP contribution in [0.25, 0.3) is 0 Å². The molecule has 1 heterocycles. The first-order chi connectivity index (χ1) is 7.16. The fourth-order valence-corrected chi connectivity index (χ4v) is 1.87. The summed E-state index contributed by atoms with van der Waals surface area (Å²) in [4.78, 5) is 11.7. The van der Waals surface area contributed by atoms with Gasteiger partial charge in [-0.3, -0.25) is 9.89 Å². The molecule has 0 spiro atoms. The highest BCUT2D eigenvalue weighted by molar-refractivity contribution is 5.94. The van der Waals surface area contributed by atoms with E-state index >= 15 is 0 Å². The van der Waals surface area contributed by atoms with Gasteiger partial charge in [0.15, 0.2) is 0 Å². The Morgan fingerprint density at radius 2 is 2.47 bits per heavy atom. The van der Waals surface area contributed by atoms with Crippen LogP contribution in [-0.4, -0.2) is 28.7 Å². The number of carbonyl (C=O) groups excluding carboxylic acids is 1. The van der Waals surface area contributed by atoms with E-state index in [1.165, 1.54) is 0 Å². The van der Waals surface area contributed by atoms with Crippen molar-refractivity contribution < 1.29 is 4.79 Å². The number of hydrogen-bond acceptors (Lipinski definition) is 3. The van der Waals surface area contributed by atoms with E-state index in [0.717, 1.165) is 25.1 Å². The van der Waals surface area contributed by atoms with Gasteiger partial charge in [-0.15, -0.1) is 0 Å². The zero-order valence-corrected chi connectivity index (χ0v) is 8.79. The number of nitrogens with two attached hydrogens (primary N) is 1. The molecular formula is C10H16N4O. The molecule has 1 fully saturated rings. The zero-order valence-electron chi connectivity index (χ0n) is 8.79. The molecule has 1 aliphatic rings. The number of nitrogens with one attached hydrogen (secondary N) is 2. The van der Waals surface area contributed by atoms with Crippen LogP contribution in [0, 0.1) is 12.8 Å². The molecule has 1 aromatic rings. The smallest absolute Gasteiger partial charge is 0.254 e. The maximum atomic E-state index is 11.7. The third-order valence-electron chi connectivity index (χ3n) is 2.90. The van der Waals surface area contributed by atoms with E-state index in [1.807, 2.05) is 6.92 Å². The second-order valence-electron chi connectivity index (χ2n) is 4.22. The topological polar surface area (TPSA) is 83.8 Å². The van der Waals surface area contributed by atoms with Gasteiger partial charge in [0.2, 0.25) is 0 Å². The first-order valence-electron chi connectivity index (χ1n) is 5.20. The van der Waals surface area contributed by atoms with E-state index in [9.17, 15) is 4.79 Å². The molecule has 5 nitrogen and oxygen atoms in total. The van der Waals surface area contributed by atoms with Crippen molar-refractivity contribution >= 4 is 5.91 Å². The average Bonchev–Trinajstić information content (AvgIpc) is 2.57. The molecule has 0 aromatic carbocycles. The van der Waals surface area contributed by atoms with Crippen molar-refractivity contribution in [3.05, 3.63) is 17.5 Å². The molecule has 0 saturated heterocycles. The number of aromatic amines is 1. The molecule has 0 bridgehead atoms. The summed E-state index contributed by atoms with van der Waals surface area (Å²) in [6.07, 6.45) is 3.59. The monoisotopic (exact) mass is 208 g/mol. The Kier molecular flexibility index (Phi) is 2.73. The van der Waals surface area contributed by atoms with Crippen molar-refractivity contribution in [1.29, 1.82) is 0 Å². The highest BCUT2D eigenvalue weighted by atomic mass is 16.1. The van der Waals surface area contributed by atoms with Crippen LogP contribution in [0.3, 0.4) is 0 Å². The van der Waals surface area contributed by atoms with Gasteiger partial charge < -0.3 is 11.1 Å². The number of rotatable bonds is 3. The van der Waals surface area contributed by atoms with Crippen LogP contribution < -0.4 is 11.1 Å². The van der Waals surface area contributed by atoms with Gasteiger partial charge in [-0.2, -0.15) is 5.10 Å². The predicted octanol–water partition coefficient (Wildman–Crippen LogP) is 0.185. The zero-order chi connectivity index (χ0) is 10.8. The molecule has 1 aromatic heterocycles. The van der Waals surface area contributed by atoms with Crippen LogP contribution >= 0.6 is 0 Å². The second kappa shape index (κ2) is 4.02. The van der Waals surface area contributed by atoms with Gasteiger partial charge in [0, 0.05) is 18.3 Å². The number of amides is 1. The predicted molar refractivity (Wildman–Crippen MR) is 56.4 cm³/mol. The Morgan fingerprint density at radius 1 is 1.73 bits per heavy atom. The number of H-pyrrole nitrogens is 1. The SMILES string of the molecule is Cc1[nH]ncc1C(=O)NCC1CC(N)C1. The number of carbonyl (C=O) groups is 1. The van der Waals surface area contributed by atoms with E-state index in [0.29, 0.717) is 17.5 Å². The fraction of sp³-hybridized carbons (Fsp3) is 0.600. The van der Waals surface area contributed by atoms with Crippen molar-refractivity contribution in [2.75, 3.05) is 6.54 Å². The van der Waals surface area contributed by atoms with E-state index in [4.69, 9.17) is 5.73 Å². The Hall–Kier alpha value is -1.36. The van der Waals surface area contributed by atoms with Crippen LogP contribution in [0.15, 0.2) is 6.20 Å². The highest BCUT2D eigenvalue weighted by Gasteiger charge is 2.26. The molecule has 0 unspecified atom stereocenters. The molecule has 0 aliphatic heterocycles. The minimum atomic E-state index is -0.0540. The van der Waals surface area contributed by atoms with Crippen molar-refractivity contribution in [2.24, 2.45) is 11.7 Å². The quantitative estimate of drug-likeness (QED) is 0.662. The van der Waals surface area contributed by atoms with Gasteiger partial charge in [0.05, 0.1) is 11.8 Å². The fourth-order valence-electron chi connectivity index (χ4n) is 1.87. The Labute approximate surface area is 88.4 Å². The highest BCUT2D eigenvalue weighted by Crippen LogP contribution is 2.24. The maximum absolute atomic E-state index is 11.7. The molecular weight excluding hydrogens is 192 g/mol. The lowest BCUT2D eigenvalue weighted by Crippen LogP contribution is -2.42. The minimum Gasteiger partial charge on any atom is -0.352 e. The number of hydrogen-bond donors (Lipinski definition) is 3. The third-order valence-corrected chi connectivity index (χ3v) is 2.90. The van der Waals surface area contributed by atoms with E-state index in [2.05, 4.69) is 15.5 Å². The number of nitrogens with zero attached hydrogens (tertiary/aromatic N) is 1. The lowest BCUT2D eigenvalue weighted by Gasteiger charge is -2.32. The molecule has 1 amide bonds. The van der Waals surface area contributed by atoms with Gasteiger partial charge in [-0.05, 0) is 25.7 Å². The van der Waals surface area contributed by atoms with Crippen LogP contribution in [0.5, 0.6) is 0 Å². The van der Waals surface area contributed by atoms with Crippen molar-refractivity contribution in [2.45, 2.75) is 25.8 Å². The average molecular weight is 208 g/mol. The summed E-state index contributed by atoms with van der Waals surface area (Å²) in [5.41, 5.74) is 7.09. The summed E-state index contributed by atoms with van der Waals surface area (Å²) in [6, 6.07) is 0.336. The van der Waals surface area contributed by atoms with Crippen LogP contribution in [0.4, 0.5) is 0 Å². The van der Waals surface area contributed by atoms with Crippen LogP contribution in [0.1, 0.15) is 28.9 Å². The van der Waals surface area contributed by atoms with Crippen LogP contribution in [0.2, 0.25) is 0 Å². The minimum absolute atomic E-state index is 0.0540. The molecule has 1 aliphatic carbocycles. The molecule has 5 heteroatoms. The molecule has 2 rings (SSSR count). The lowest BCUT2D eigenvalue weighted by atomic mass is 9.81. The lowest BCUT2D eigenvalue weighted by molar-refractivity contribution is 0.0935. The summed E-state index contributed by atoms with van der Waals surface area (Å²) in [5.74, 6) is 0.498. The van der Waals surface area contributed by atoms with Crippen molar-refractivity contribution in [1.82, 2.24) is 15.5 Å². The molecule has 4 N–H and O–H groups in total. The molecule has 15 heavy (non-hydrogen) atoms. The first-order valence-corrected chi connectivity index (χ1v) is 5.20. The molecule has 1 saturated carbocycles. The Bertz CT molecular complexity index is 354. The first kappa shape index (κ1) is 10.2. The van der Waals surface area contributed by atoms with E-state index < -0.39 is 0 Å². The Morgan fingerprint density at radius 3 is 3.00 bits per heavy atom. The van der Waals surface area contributed by atoms with E-state index in [1.54, 1.807) is 6.20 Å². The molecule has 0 radical (unpaired) electrons. The Balaban J connectivity index is 1.80. The van der Waals surface area contributed by atoms with Gasteiger partial charge in [-0.1, -0.05) is 0 Å². The maximum Gasteiger partial charge on any atom is 0.254 e. The summed E-state index contributed by atoms with van der Waals surface area (Å²) in [6.45, 7) is 2.55. The molecule has 82 valence electrons. The number of aryl methyl sites for hydroxylation is 1. The summed E-state index contributed by atoms with van der Waals surface area (Å²) in [5, 5.41) is 9.45. The summed E-state index contributed by atoms with van der Waals surface area (Å²) in [7, 11) is 0. The summed E-state index contributed by atoms with van der Waals surface area (Å²) < 4.78 is 0. The molecule has 0 atom stereocenters. The standard InChI is InChI=1S/C10H16N4O/c1-6-9(5-13-14-6)10(15)12-4-7-2-8(11)3-7/h5,7-8H,2-4,11H2,1H3,(H,12,15)(H,13,14). The summed E-state index contributed by atoms with van der Waals surface area (Å²) >= 11 is 0. The van der Waals surface area contributed by atoms with Gasteiger partial charge in [0.1, 0.15) is 0 Å². The normalized spacial score (nSPS) is 24.7.